The highest BCUT2D eigenvalue weighted by Crippen LogP contribution is 2.38. The van der Waals surface area contributed by atoms with E-state index in [0.29, 0.717) is 6.42 Å². The molecular formula is C14H18FNO3. The monoisotopic (exact) mass is 267 g/mol. The summed E-state index contributed by atoms with van der Waals surface area (Å²) in [7, 11) is 1.34. The predicted molar refractivity (Wildman–Crippen MR) is 67.9 cm³/mol. The van der Waals surface area contributed by atoms with Gasteiger partial charge in [-0.1, -0.05) is 12.1 Å². The quantitative estimate of drug-likeness (QED) is 0.813. The van der Waals surface area contributed by atoms with Gasteiger partial charge in [-0.3, -0.25) is 10.1 Å². The van der Waals surface area contributed by atoms with Gasteiger partial charge in [0.2, 0.25) is 0 Å². The van der Waals surface area contributed by atoms with Crippen molar-refractivity contribution in [3.8, 4) is 0 Å². The highest BCUT2D eigenvalue weighted by atomic mass is 19.1. The van der Waals surface area contributed by atoms with Gasteiger partial charge in [0.25, 0.3) is 0 Å². The second kappa shape index (κ2) is 5.27. The van der Waals surface area contributed by atoms with Crippen LogP contribution in [0.3, 0.4) is 0 Å². The Morgan fingerprint density at radius 2 is 2.16 bits per heavy atom. The smallest absolute Gasteiger partial charge is 0.325 e. The second-order valence-corrected chi connectivity index (χ2v) is 5.14. The third-order valence-corrected chi connectivity index (χ3v) is 3.72. The Labute approximate surface area is 111 Å². The fourth-order valence-corrected chi connectivity index (χ4v) is 2.73. The van der Waals surface area contributed by atoms with Crippen molar-refractivity contribution in [3.05, 3.63) is 35.6 Å². The van der Waals surface area contributed by atoms with Crippen LogP contribution >= 0.6 is 0 Å². The predicted octanol–water partition coefficient (Wildman–Crippen LogP) is 1.40. The van der Waals surface area contributed by atoms with Gasteiger partial charge in [0, 0.05) is 18.6 Å². The van der Waals surface area contributed by atoms with Crippen molar-refractivity contribution < 1.29 is 19.0 Å². The Hall–Kier alpha value is -1.46. The van der Waals surface area contributed by atoms with E-state index in [1.54, 1.807) is 19.1 Å². The average molecular weight is 267 g/mol. The summed E-state index contributed by atoms with van der Waals surface area (Å²) in [6.45, 7) is 1.71. The van der Waals surface area contributed by atoms with Gasteiger partial charge in [-0.05, 0) is 31.0 Å². The molecule has 1 saturated heterocycles. The number of halogens is 1. The van der Waals surface area contributed by atoms with Gasteiger partial charge in [-0.15, -0.1) is 0 Å². The van der Waals surface area contributed by atoms with Gasteiger partial charge in [0.1, 0.15) is 11.4 Å². The molecule has 19 heavy (non-hydrogen) atoms. The minimum Gasteiger partial charge on any atom is -0.468 e. The van der Waals surface area contributed by atoms with Crippen LogP contribution in [0, 0.1) is 11.7 Å². The molecule has 0 amide bonds. The number of ether oxygens (including phenoxy) is 1. The van der Waals surface area contributed by atoms with Crippen LogP contribution in [0.5, 0.6) is 0 Å². The van der Waals surface area contributed by atoms with E-state index in [-0.39, 0.29) is 30.4 Å². The fraction of sp³-hybridized carbons (Fsp3) is 0.500. The van der Waals surface area contributed by atoms with E-state index in [9.17, 15) is 14.3 Å². The highest BCUT2D eigenvalue weighted by Gasteiger charge is 2.47. The topological polar surface area (TPSA) is 58.6 Å². The molecule has 2 rings (SSSR count). The number of benzene rings is 1. The van der Waals surface area contributed by atoms with E-state index in [0.717, 1.165) is 5.56 Å². The number of carbonyl (C=O) groups excluding carboxylic acids is 1. The number of methoxy groups -OCH3 is 1. The molecule has 0 aromatic heterocycles. The molecule has 0 radical (unpaired) electrons. The lowest BCUT2D eigenvalue weighted by Crippen LogP contribution is -2.45. The van der Waals surface area contributed by atoms with Crippen LogP contribution < -0.4 is 5.32 Å². The van der Waals surface area contributed by atoms with Crippen LogP contribution in [0.2, 0.25) is 0 Å². The van der Waals surface area contributed by atoms with Crippen molar-refractivity contribution >= 4 is 5.97 Å². The molecule has 1 aromatic carbocycles. The minimum atomic E-state index is -0.818. The Morgan fingerprint density at radius 1 is 1.53 bits per heavy atom. The minimum absolute atomic E-state index is 0.0401. The van der Waals surface area contributed by atoms with Crippen molar-refractivity contribution in [2.75, 3.05) is 13.7 Å². The van der Waals surface area contributed by atoms with E-state index in [4.69, 9.17) is 4.74 Å². The van der Waals surface area contributed by atoms with Crippen LogP contribution in [-0.4, -0.2) is 30.3 Å². The zero-order valence-electron chi connectivity index (χ0n) is 11.0. The molecule has 0 unspecified atom stereocenters. The molecule has 1 aliphatic heterocycles. The summed E-state index contributed by atoms with van der Waals surface area (Å²) in [4.78, 5) is 11.8. The molecule has 4 nitrogen and oxygen atoms in total. The van der Waals surface area contributed by atoms with Gasteiger partial charge in [0.05, 0.1) is 7.11 Å². The first-order chi connectivity index (χ1) is 9.00. The highest BCUT2D eigenvalue weighted by molar-refractivity contribution is 5.80. The normalized spacial score (nSPS) is 30.3. The van der Waals surface area contributed by atoms with E-state index < -0.39 is 5.54 Å². The third-order valence-electron chi connectivity index (χ3n) is 3.72. The molecule has 0 saturated carbocycles. The van der Waals surface area contributed by atoms with E-state index in [2.05, 4.69) is 5.32 Å². The lowest BCUT2D eigenvalue weighted by molar-refractivity contribution is -0.147. The van der Waals surface area contributed by atoms with Crippen LogP contribution in [0.4, 0.5) is 4.39 Å². The van der Waals surface area contributed by atoms with Crippen molar-refractivity contribution in [2.45, 2.75) is 24.9 Å². The first-order valence-corrected chi connectivity index (χ1v) is 6.22. The summed E-state index contributed by atoms with van der Waals surface area (Å²) in [5.74, 6) is -0.761. The number of aliphatic hydroxyl groups excluding tert-OH is 1. The second-order valence-electron chi connectivity index (χ2n) is 5.14. The molecule has 3 atom stereocenters. The number of hydrogen-bond acceptors (Lipinski definition) is 4. The molecule has 1 aliphatic rings. The third kappa shape index (κ3) is 2.62. The molecular weight excluding hydrogens is 249 g/mol. The zero-order chi connectivity index (χ0) is 14.0. The van der Waals surface area contributed by atoms with Crippen LogP contribution in [0.1, 0.15) is 24.9 Å². The van der Waals surface area contributed by atoms with Crippen molar-refractivity contribution in [3.63, 3.8) is 0 Å². The molecule has 0 spiro atoms. The maximum absolute atomic E-state index is 12.9. The summed E-state index contributed by atoms with van der Waals surface area (Å²) in [6, 6.07) is 5.89. The molecule has 1 heterocycles. The molecule has 0 bridgehead atoms. The molecule has 0 aliphatic carbocycles. The molecule has 1 fully saturated rings. The van der Waals surface area contributed by atoms with Gasteiger partial charge >= 0.3 is 5.97 Å². The van der Waals surface area contributed by atoms with Gasteiger partial charge in [-0.2, -0.15) is 0 Å². The summed E-state index contributed by atoms with van der Waals surface area (Å²) in [5, 5.41) is 12.7. The standard InChI is InChI=1S/C14H18FNO3/c1-14(13(18)19-2)7-10(8-17)12(16-14)9-3-5-11(15)6-4-9/h3-6,10,12,16-17H,7-8H2,1-2H3/t10-,12+,14+/m0/s1. The number of carbonyl (C=O) groups is 1. The Bertz CT molecular complexity index is 462. The zero-order valence-corrected chi connectivity index (χ0v) is 11.0. The van der Waals surface area contributed by atoms with E-state index in [1.807, 2.05) is 0 Å². The Balaban J connectivity index is 2.25. The fourth-order valence-electron chi connectivity index (χ4n) is 2.73. The van der Waals surface area contributed by atoms with Gasteiger partial charge < -0.3 is 9.84 Å². The number of rotatable bonds is 3. The molecule has 104 valence electrons. The largest absolute Gasteiger partial charge is 0.468 e. The van der Waals surface area contributed by atoms with E-state index in [1.165, 1.54) is 19.2 Å². The van der Waals surface area contributed by atoms with E-state index >= 15 is 0 Å². The molecule has 2 N–H and O–H groups in total. The Kier molecular flexibility index (Phi) is 3.87. The first-order valence-electron chi connectivity index (χ1n) is 6.22. The SMILES string of the molecule is COC(=O)[C@@]1(C)C[C@@H](CO)[C@@H](c2ccc(F)cc2)N1. The average Bonchev–Trinajstić information content (AvgIpc) is 2.77. The maximum atomic E-state index is 12.9. The Morgan fingerprint density at radius 3 is 2.68 bits per heavy atom. The summed E-state index contributed by atoms with van der Waals surface area (Å²) >= 11 is 0. The first kappa shape index (κ1) is 14.0. The summed E-state index contributed by atoms with van der Waals surface area (Å²) in [5.41, 5.74) is 0.0364. The van der Waals surface area contributed by atoms with Crippen molar-refractivity contribution in [1.82, 2.24) is 5.32 Å². The lowest BCUT2D eigenvalue weighted by atomic mass is 9.91. The number of esters is 1. The van der Waals surface area contributed by atoms with Gasteiger partial charge in [0.15, 0.2) is 0 Å². The van der Waals surface area contributed by atoms with Crippen molar-refractivity contribution in [1.29, 1.82) is 0 Å². The number of nitrogens with one attached hydrogen (secondary N) is 1. The summed E-state index contributed by atoms with van der Waals surface area (Å²) < 4.78 is 17.7. The lowest BCUT2D eigenvalue weighted by Gasteiger charge is -2.22. The number of hydrogen-bond donors (Lipinski definition) is 2. The van der Waals surface area contributed by atoms with Crippen LogP contribution in [-0.2, 0) is 9.53 Å². The van der Waals surface area contributed by atoms with Crippen LogP contribution in [0.15, 0.2) is 24.3 Å². The molecule has 1 aromatic rings. The summed E-state index contributed by atoms with van der Waals surface area (Å²) in [6.07, 6.45) is 0.484. The maximum Gasteiger partial charge on any atom is 0.325 e. The van der Waals surface area contributed by atoms with Gasteiger partial charge in [-0.25, -0.2) is 4.39 Å². The number of aliphatic hydroxyl groups is 1. The molecule has 5 heteroatoms. The van der Waals surface area contributed by atoms with Crippen molar-refractivity contribution in [2.24, 2.45) is 5.92 Å². The van der Waals surface area contributed by atoms with Crippen LogP contribution in [0.25, 0.3) is 0 Å².